The van der Waals surface area contributed by atoms with E-state index in [1.54, 1.807) is 12.1 Å². The zero-order valence-electron chi connectivity index (χ0n) is 15.9. The Morgan fingerprint density at radius 3 is 2.11 bits per heavy atom. The average molecular weight is 370 g/mol. The quantitative estimate of drug-likeness (QED) is 0.781. The van der Waals surface area contributed by atoms with Crippen molar-refractivity contribution >= 4 is 12.0 Å². The van der Waals surface area contributed by atoms with Crippen molar-refractivity contribution in [3.05, 3.63) is 65.7 Å². The minimum atomic E-state index is -1.18. The van der Waals surface area contributed by atoms with E-state index in [1.807, 2.05) is 63.2 Å². The van der Waals surface area contributed by atoms with Gasteiger partial charge in [-0.15, -0.1) is 0 Å². The lowest BCUT2D eigenvalue weighted by molar-refractivity contribution is -0.122. The van der Waals surface area contributed by atoms with Crippen molar-refractivity contribution in [3.8, 4) is 5.75 Å². The minimum Gasteiger partial charge on any atom is -0.488 e. The molecule has 1 atom stereocenters. The Kier molecular flexibility index (Phi) is 6.45. The molecule has 0 aliphatic rings. The highest BCUT2D eigenvalue weighted by atomic mass is 16.5. The second-order valence-corrected chi connectivity index (χ2v) is 7.38. The van der Waals surface area contributed by atoms with Crippen LogP contribution in [0.4, 0.5) is 4.79 Å². The van der Waals surface area contributed by atoms with Crippen LogP contribution in [0.15, 0.2) is 54.6 Å². The summed E-state index contributed by atoms with van der Waals surface area (Å²) in [6, 6.07) is 15.4. The summed E-state index contributed by atoms with van der Waals surface area (Å²) in [4.78, 5) is 24.8. The van der Waals surface area contributed by atoms with Gasteiger partial charge in [0.1, 0.15) is 17.4 Å². The number of amides is 2. The molecule has 6 nitrogen and oxygen atoms in total. The van der Waals surface area contributed by atoms with Crippen LogP contribution < -0.4 is 10.5 Å². The molecule has 0 radical (unpaired) electrons. The van der Waals surface area contributed by atoms with Crippen molar-refractivity contribution in [3.63, 3.8) is 0 Å². The fourth-order valence-corrected chi connectivity index (χ4v) is 2.73. The van der Waals surface area contributed by atoms with E-state index in [0.717, 1.165) is 16.0 Å². The van der Waals surface area contributed by atoms with Gasteiger partial charge in [0.2, 0.25) is 5.91 Å². The SMILES string of the molecule is CC(C)(C)Oc1ccc(C[C@@H](C(N)=O)N(Cc2ccccc2)C(=O)O)cc1. The van der Waals surface area contributed by atoms with Gasteiger partial charge < -0.3 is 15.6 Å². The standard InChI is InChI=1S/C21H26N2O4/c1-21(2,3)27-17-11-9-15(10-12-17)13-18(19(22)24)23(20(25)26)14-16-7-5-4-6-8-16/h4-12,18H,13-14H2,1-3H3,(H2,22,24)(H,25,26)/t18-/m0/s1. The van der Waals surface area contributed by atoms with Crippen LogP contribution in [-0.2, 0) is 17.8 Å². The van der Waals surface area contributed by atoms with Gasteiger partial charge in [-0.3, -0.25) is 9.69 Å². The first-order valence-corrected chi connectivity index (χ1v) is 8.76. The summed E-state index contributed by atoms with van der Waals surface area (Å²) in [5, 5.41) is 9.60. The highest BCUT2D eigenvalue weighted by Gasteiger charge is 2.28. The van der Waals surface area contributed by atoms with Gasteiger partial charge in [0.25, 0.3) is 0 Å². The van der Waals surface area contributed by atoms with E-state index < -0.39 is 18.0 Å². The monoisotopic (exact) mass is 370 g/mol. The Morgan fingerprint density at radius 2 is 1.63 bits per heavy atom. The molecule has 0 spiro atoms. The van der Waals surface area contributed by atoms with E-state index in [1.165, 1.54) is 0 Å². The zero-order chi connectivity index (χ0) is 20.0. The number of carboxylic acid groups (broad SMARTS) is 1. The number of carbonyl (C=O) groups is 2. The first-order valence-electron chi connectivity index (χ1n) is 8.76. The second kappa shape index (κ2) is 8.58. The van der Waals surface area contributed by atoms with Crippen LogP contribution in [0.25, 0.3) is 0 Å². The van der Waals surface area contributed by atoms with Crippen molar-refractivity contribution in [1.82, 2.24) is 4.90 Å². The lowest BCUT2D eigenvalue weighted by Crippen LogP contribution is -2.48. The number of ether oxygens (including phenoxy) is 1. The van der Waals surface area contributed by atoms with Crippen LogP contribution in [0.3, 0.4) is 0 Å². The molecule has 3 N–H and O–H groups in total. The summed E-state index contributed by atoms with van der Waals surface area (Å²) >= 11 is 0. The number of hydrogen-bond donors (Lipinski definition) is 2. The molecule has 2 amide bonds. The van der Waals surface area contributed by atoms with Crippen LogP contribution >= 0.6 is 0 Å². The van der Waals surface area contributed by atoms with Crippen LogP contribution in [-0.4, -0.2) is 33.6 Å². The molecule has 0 fully saturated rings. The van der Waals surface area contributed by atoms with Crippen molar-refractivity contribution < 1.29 is 19.4 Å². The van der Waals surface area contributed by atoms with E-state index in [9.17, 15) is 14.7 Å². The Hall–Kier alpha value is -3.02. The number of hydrogen-bond acceptors (Lipinski definition) is 3. The highest BCUT2D eigenvalue weighted by Crippen LogP contribution is 2.20. The summed E-state index contributed by atoms with van der Waals surface area (Å²) in [7, 11) is 0. The Morgan fingerprint density at radius 1 is 1.04 bits per heavy atom. The fourth-order valence-electron chi connectivity index (χ4n) is 2.73. The van der Waals surface area contributed by atoms with Crippen molar-refractivity contribution in [2.24, 2.45) is 5.73 Å². The number of carbonyl (C=O) groups excluding carboxylic acids is 1. The highest BCUT2D eigenvalue weighted by molar-refractivity contribution is 5.84. The molecule has 0 aliphatic heterocycles. The third kappa shape index (κ3) is 6.33. The van der Waals surface area contributed by atoms with E-state index in [2.05, 4.69) is 0 Å². The summed E-state index contributed by atoms with van der Waals surface area (Å²) in [6.45, 7) is 5.96. The Bertz CT molecular complexity index is 767. The van der Waals surface area contributed by atoms with E-state index in [0.29, 0.717) is 5.75 Å². The van der Waals surface area contributed by atoms with Crippen molar-refractivity contribution in [2.75, 3.05) is 0 Å². The molecule has 6 heteroatoms. The van der Waals surface area contributed by atoms with Gasteiger partial charge in [-0.05, 0) is 44.0 Å². The number of primary amides is 1. The van der Waals surface area contributed by atoms with Gasteiger partial charge in [-0.1, -0.05) is 42.5 Å². The molecule has 0 bridgehead atoms. The summed E-state index contributed by atoms with van der Waals surface area (Å²) < 4.78 is 5.78. The fraction of sp³-hybridized carbons (Fsp3) is 0.333. The molecule has 0 aliphatic carbocycles. The molecule has 2 aromatic rings. The predicted octanol–water partition coefficient (Wildman–Crippen LogP) is 3.44. The van der Waals surface area contributed by atoms with Gasteiger partial charge in [0.15, 0.2) is 0 Å². The maximum atomic E-state index is 12.0. The predicted molar refractivity (Wildman–Crippen MR) is 104 cm³/mol. The normalized spacial score (nSPS) is 12.3. The Labute approximate surface area is 159 Å². The average Bonchev–Trinajstić information content (AvgIpc) is 2.58. The molecule has 0 saturated heterocycles. The largest absolute Gasteiger partial charge is 0.488 e. The molecule has 2 aromatic carbocycles. The third-order valence-corrected chi connectivity index (χ3v) is 3.92. The van der Waals surface area contributed by atoms with Gasteiger partial charge in [-0.2, -0.15) is 0 Å². The maximum Gasteiger partial charge on any atom is 0.408 e. The molecule has 0 saturated carbocycles. The number of rotatable bonds is 7. The first kappa shape index (κ1) is 20.3. The maximum absolute atomic E-state index is 12.0. The third-order valence-electron chi connectivity index (χ3n) is 3.92. The van der Waals surface area contributed by atoms with Gasteiger partial charge in [-0.25, -0.2) is 4.79 Å². The van der Waals surface area contributed by atoms with Crippen LogP contribution in [0.2, 0.25) is 0 Å². The van der Waals surface area contributed by atoms with Crippen molar-refractivity contribution in [2.45, 2.75) is 45.4 Å². The van der Waals surface area contributed by atoms with E-state index in [-0.39, 0.29) is 18.6 Å². The van der Waals surface area contributed by atoms with Crippen LogP contribution in [0.1, 0.15) is 31.9 Å². The first-order chi connectivity index (χ1) is 12.7. The second-order valence-electron chi connectivity index (χ2n) is 7.38. The van der Waals surface area contributed by atoms with E-state index >= 15 is 0 Å². The topological polar surface area (TPSA) is 92.9 Å². The summed E-state index contributed by atoms with van der Waals surface area (Å²) in [5.74, 6) is 0.0320. The van der Waals surface area contributed by atoms with Gasteiger partial charge >= 0.3 is 6.09 Å². The minimum absolute atomic E-state index is 0.0923. The lowest BCUT2D eigenvalue weighted by Gasteiger charge is -2.27. The van der Waals surface area contributed by atoms with Crippen molar-refractivity contribution in [1.29, 1.82) is 0 Å². The van der Waals surface area contributed by atoms with Gasteiger partial charge in [0, 0.05) is 13.0 Å². The molecule has 0 heterocycles. The number of nitrogens with two attached hydrogens (primary N) is 1. The molecule has 27 heavy (non-hydrogen) atoms. The number of benzene rings is 2. The zero-order valence-corrected chi connectivity index (χ0v) is 15.9. The lowest BCUT2D eigenvalue weighted by atomic mass is 10.0. The molecular formula is C21H26N2O4. The van der Waals surface area contributed by atoms with Gasteiger partial charge in [0.05, 0.1) is 0 Å². The number of nitrogens with zero attached hydrogens (tertiary/aromatic N) is 1. The van der Waals surface area contributed by atoms with Crippen LogP contribution in [0.5, 0.6) is 5.75 Å². The van der Waals surface area contributed by atoms with E-state index in [4.69, 9.17) is 10.5 Å². The Balaban J connectivity index is 2.17. The molecule has 0 aromatic heterocycles. The molecule has 2 rings (SSSR count). The molecular weight excluding hydrogens is 344 g/mol. The molecule has 144 valence electrons. The smallest absolute Gasteiger partial charge is 0.408 e. The summed E-state index contributed by atoms with van der Waals surface area (Å²) in [5.41, 5.74) is 6.81. The van der Waals surface area contributed by atoms with Crippen LogP contribution in [0, 0.1) is 0 Å². The molecule has 0 unspecified atom stereocenters. The summed E-state index contributed by atoms with van der Waals surface area (Å²) in [6.07, 6.45) is -0.986.